The minimum atomic E-state index is -2.25. The highest BCUT2D eigenvalue weighted by atomic mass is 19.3. The highest BCUT2D eigenvalue weighted by Crippen LogP contribution is 2.20. The number of piperidine rings is 1. The number of amides is 1. The molecule has 15 heavy (non-hydrogen) atoms. The maximum Gasteiger partial charge on any atom is 0.251 e. The van der Waals surface area contributed by atoms with Crippen LogP contribution in [0.3, 0.4) is 0 Å². The first-order chi connectivity index (χ1) is 7.11. The molecule has 0 aromatic heterocycles. The first-order valence-electron chi connectivity index (χ1n) is 5.33. The molecule has 0 spiro atoms. The molecule has 1 amide bonds. The Morgan fingerprint density at radius 3 is 2.53 bits per heavy atom. The zero-order valence-corrected chi connectivity index (χ0v) is 9.01. The van der Waals surface area contributed by atoms with Crippen LogP contribution in [0.4, 0.5) is 8.78 Å². The van der Waals surface area contributed by atoms with Crippen molar-refractivity contribution in [2.75, 3.05) is 26.7 Å². The van der Waals surface area contributed by atoms with Gasteiger partial charge >= 0.3 is 0 Å². The molecule has 1 N–H and O–H groups in total. The van der Waals surface area contributed by atoms with E-state index in [1.807, 2.05) is 0 Å². The van der Waals surface area contributed by atoms with E-state index in [0.717, 1.165) is 12.8 Å². The average molecular weight is 220 g/mol. The van der Waals surface area contributed by atoms with Gasteiger partial charge in [-0.3, -0.25) is 9.69 Å². The van der Waals surface area contributed by atoms with Gasteiger partial charge in [0.1, 0.15) is 0 Å². The minimum absolute atomic E-state index is 0.0438. The van der Waals surface area contributed by atoms with Crippen molar-refractivity contribution < 1.29 is 13.6 Å². The van der Waals surface area contributed by atoms with Crippen LogP contribution < -0.4 is 5.32 Å². The zero-order valence-electron chi connectivity index (χ0n) is 9.01. The lowest BCUT2D eigenvalue weighted by Gasteiger charge is -2.31. The van der Waals surface area contributed by atoms with Crippen LogP contribution >= 0.6 is 0 Å². The van der Waals surface area contributed by atoms with Gasteiger partial charge in [0.2, 0.25) is 5.91 Å². The molecule has 1 heterocycles. The van der Waals surface area contributed by atoms with Crippen molar-refractivity contribution in [2.24, 2.45) is 5.92 Å². The fourth-order valence-electron chi connectivity index (χ4n) is 1.93. The summed E-state index contributed by atoms with van der Waals surface area (Å²) >= 11 is 0. The van der Waals surface area contributed by atoms with Crippen LogP contribution in [0.2, 0.25) is 0 Å². The van der Waals surface area contributed by atoms with Gasteiger partial charge in [-0.2, -0.15) is 0 Å². The summed E-state index contributed by atoms with van der Waals surface area (Å²) in [6, 6.07) is 0. The summed E-state index contributed by atoms with van der Waals surface area (Å²) in [6.45, 7) is 1.24. The standard InChI is InChI=1S/C10H18F2N2O/c1-13-10(15)6-8-2-4-14(5-3-8)7-9(11)12/h8-9H,2-7H2,1H3,(H,13,15). The lowest BCUT2D eigenvalue weighted by Crippen LogP contribution is -2.38. The van der Waals surface area contributed by atoms with Gasteiger partial charge in [-0.1, -0.05) is 0 Å². The molecule has 5 heteroatoms. The van der Waals surface area contributed by atoms with E-state index in [0.29, 0.717) is 25.4 Å². The Morgan fingerprint density at radius 1 is 1.47 bits per heavy atom. The van der Waals surface area contributed by atoms with Crippen molar-refractivity contribution in [3.8, 4) is 0 Å². The number of likely N-dealkylation sites (tertiary alicyclic amines) is 1. The van der Waals surface area contributed by atoms with E-state index in [4.69, 9.17) is 0 Å². The molecule has 0 bridgehead atoms. The molecule has 1 saturated heterocycles. The normalized spacial score (nSPS) is 19.5. The van der Waals surface area contributed by atoms with Crippen molar-refractivity contribution in [3.05, 3.63) is 0 Å². The van der Waals surface area contributed by atoms with Crippen LogP contribution in [0.15, 0.2) is 0 Å². The zero-order chi connectivity index (χ0) is 11.3. The Morgan fingerprint density at radius 2 is 2.07 bits per heavy atom. The maximum atomic E-state index is 12.1. The monoisotopic (exact) mass is 220 g/mol. The second kappa shape index (κ2) is 6.00. The second-order valence-corrected chi connectivity index (χ2v) is 4.01. The molecule has 0 aromatic carbocycles. The lowest BCUT2D eigenvalue weighted by molar-refractivity contribution is -0.121. The van der Waals surface area contributed by atoms with Crippen molar-refractivity contribution in [1.82, 2.24) is 10.2 Å². The number of rotatable bonds is 4. The fourth-order valence-corrected chi connectivity index (χ4v) is 1.93. The third-order valence-corrected chi connectivity index (χ3v) is 2.86. The van der Waals surface area contributed by atoms with E-state index in [-0.39, 0.29) is 12.5 Å². The molecule has 0 radical (unpaired) electrons. The van der Waals surface area contributed by atoms with Gasteiger partial charge in [0.25, 0.3) is 6.43 Å². The fraction of sp³-hybridized carbons (Fsp3) is 0.900. The number of hydrogen-bond acceptors (Lipinski definition) is 2. The molecule has 0 saturated carbocycles. The first-order valence-corrected chi connectivity index (χ1v) is 5.33. The molecule has 1 aliphatic heterocycles. The van der Waals surface area contributed by atoms with Crippen LogP contribution in [0, 0.1) is 5.92 Å². The van der Waals surface area contributed by atoms with Crippen LogP contribution in [0.5, 0.6) is 0 Å². The summed E-state index contributed by atoms with van der Waals surface area (Å²) in [5, 5.41) is 2.58. The van der Waals surface area contributed by atoms with Gasteiger partial charge in [-0.05, 0) is 31.8 Å². The van der Waals surface area contributed by atoms with E-state index >= 15 is 0 Å². The molecule has 0 aromatic rings. The SMILES string of the molecule is CNC(=O)CC1CCN(CC(F)F)CC1. The third kappa shape index (κ3) is 4.55. The summed E-state index contributed by atoms with van der Waals surface area (Å²) in [4.78, 5) is 12.9. The number of carbonyl (C=O) groups excluding carboxylic acids is 1. The van der Waals surface area contributed by atoms with Gasteiger partial charge in [0.15, 0.2) is 0 Å². The molecule has 0 unspecified atom stereocenters. The average Bonchev–Trinajstić information content (AvgIpc) is 2.20. The number of hydrogen-bond donors (Lipinski definition) is 1. The highest BCUT2D eigenvalue weighted by molar-refractivity contribution is 5.75. The summed E-state index contributed by atoms with van der Waals surface area (Å²) in [5.74, 6) is 0.404. The van der Waals surface area contributed by atoms with Crippen molar-refractivity contribution >= 4 is 5.91 Å². The molecule has 0 atom stereocenters. The number of alkyl halides is 2. The molecule has 1 aliphatic rings. The molecule has 88 valence electrons. The Labute approximate surface area is 88.8 Å². The van der Waals surface area contributed by atoms with Crippen molar-refractivity contribution in [3.63, 3.8) is 0 Å². The van der Waals surface area contributed by atoms with E-state index in [2.05, 4.69) is 5.32 Å². The molecule has 1 rings (SSSR count). The predicted molar refractivity (Wildman–Crippen MR) is 53.9 cm³/mol. The van der Waals surface area contributed by atoms with Gasteiger partial charge in [0.05, 0.1) is 6.54 Å². The topological polar surface area (TPSA) is 32.3 Å². The minimum Gasteiger partial charge on any atom is -0.359 e. The van der Waals surface area contributed by atoms with Crippen molar-refractivity contribution in [2.45, 2.75) is 25.7 Å². The number of carbonyl (C=O) groups is 1. The van der Waals surface area contributed by atoms with Crippen molar-refractivity contribution in [1.29, 1.82) is 0 Å². The van der Waals surface area contributed by atoms with E-state index < -0.39 is 6.43 Å². The third-order valence-electron chi connectivity index (χ3n) is 2.86. The predicted octanol–water partition coefficient (Wildman–Crippen LogP) is 1.10. The highest BCUT2D eigenvalue weighted by Gasteiger charge is 2.22. The van der Waals surface area contributed by atoms with Crippen LogP contribution in [-0.4, -0.2) is 43.9 Å². The van der Waals surface area contributed by atoms with Gasteiger partial charge in [0, 0.05) is 13.5 Å². The van der Waals surface area contributed by atoms with E-state index in [1.54, 1.807) is 11.9 Å². The Kier molecular flexibility index (Phi) is 4.94. The van der Waals surface area contributed by atoms with Crippen LogP contribution in [0.25, 0.3) is 0 Å². The lowest BCUT2D eigenvalue weighted by atomic mass is 9.93. The first kappa shape index (κ1) is 12.4. The molecular formula is C10H18F2N2O. The smallest absolute Gasteiger partial charge is 0.251 e. The number of nitrogens with one attached hydrogen (secondary N) is 1. The Bertz CT molecular complexity index is 204. The van der Waals surface area contributed by atoms with Gasteiger partial charge < -0.3 is 5.32 Å². The summed E-state index contributed by atoms with van der Waals surface area (Å²) in [5.41, 5.74) is 0. The number of nitrogens with zero attached hydrogens (tertiary/aromatic N) is 1. The van der Waals surface area contributed by atoms with Crippen LogP contribution in [-0.2, 0) is 4.79 Å². The Balaban J connectivity index is 2.20. The van der Waals surface area contributed by atoms with Gasteiger partial charge in [-0.15, -0.1) is 0 Å². The molecule has 0 aliphatic carbocycles. The van der Waals surface area contributed by atoms with E-state index in [1.165, 1.54) is 0 Å². The quantitative estimate of drug-likeness (QED) is 0.769. The summed E-state index contributed by atoms with van der Waals surface area (Å²) < 4.78 is 24.2. The van der Waals surface area contributed by atoms with Gasteiger partial charge in [-0.25, -0.2) is 8.78 Å². The van der Waals surface area contributed by atoms with Crippen LogP contribution in [0.1, 0.15) is 19.3 Å². The molecule has 3 nitrogen and oxygen atoms in total. The second-order valence-electron chi connectivity index (χ2n) is 4.01. The summed E-state index contributed by atoms with van der Waals surface area (Å²) in [6.07, 6.45) is -0.0280. The maximum absolute atomic E-state index is 12.1. The Hall–Kier alpha value is -0.710. The number of halogens is 2. The summed E-state index contributed by atoms with van der Waals surface area (Å²) in [7, 11) is 1.62. The molecule has 1 fully saturated rings. The van der Waals surface area contributed by atoms with E-state index in [9.17, 15) is 13.6 Å². The largest absolute Gasteiger partial charge is 0.359 e. The molecular weight excluding hydrogens is 202 g/mol.